The van der Waals surface area contributed by atoms with E-state index in [4.69, 9.17) is 9.26 Å². The molecule has 0 fully saturated rings. The first-order chi connectivity index (χ1) is 14.3. The van der Waals surface area contributed by atoms with Crippen molar-refractivity contribution in [1.82, 2.24) is 10.1 Å². The summed E-state index contributed by atoms with van der Waals surface area (Å²) >= 11 is 0. The van der Waals surface area contributed by atoms with Crippen LogP contribution in [-0.4, -0.2) is 17.3 Å². The Bertz CT molecular complexity index is 1140. The Balaban J connectivity index is 1.41. The van der Waals surface area contributed by atoms with Gasteiger partial charge in [0, 0.05) is 22.4 Å². The molecule has 29 heavy (non-hydrogen) atoms. The molecule has 0 bridgehead atoms. The molecule has 1 heterocycles. The highest BCUT2D eigenvalue weighted by Crippen LogP contribution is 2.20. The summed E-state index contributed by atoms with van der Waals surface area (Å²) in [6, 6.07) is 25.4. The predicted molar refractivity (Wildman–Crippen MR) is 112 cm³/mol. The molecule has 142 valence electrons. The van der Waals surface area contributed by atoms with Crippen molar-refractivity contribution in [3.8, 4) is 29.0 Å². The van der Waals surface area contributed by atoms with Gasteiger partial charge in [-0.3, -0.25) is 0 Å². The third kappa shape index (κ3) is 4.82. The second kappa shape index (κ2) is 8.77. The smallest absolute Gasteiger partial charge is 0.246 e. The molecule has 0 aliphatic carbocycles. The van der Waals surface area contributed by atoms with Gasteiger partial charge in [-0.05, 0) is 54.6 Å². The van der Waals surface area contributed by atoms with Gasteiger partial charge in [0.15, 0.2) is 0 Å². The molecular weight excluding hydrogens is 362 g/mol. The van der Waals surface area contributed by atoms with E-state index in [2.05, 4.69) is 27.3 Å². The Morgan fingerprint density at radius 1 is 0.897 bits per heavy atom. The van der Waals surface area contributed by atoms with Gasteiger partial charge in [0.1, 0.15) is 5.75 Å². The predicted octanol–water partition coefficient (Wildman–Crippen LogP) is 4.76. The summed E-state index contributed by atoms with van der Waals surface area (Å²) in [6.45, 7) is 0.429. The Labute approximate surface area is 169 Å². The van der Waals surface area contributed by atoms with E-state index in [0.717, 1.165) is 28.1 Å². The fourth-order valence-electron chi connectivity index (χ4n) is 2.73. The summed E-state index contributed by atoms with van der Waals surface area (Å²) < 4.78 is 10.5. The van der Waals surface area contributed by atoms with Gasteiger partial charge in [0.2, 0.25) is 11.7 Å². The van der Waals surface area contributed by atoms with Crippen LogP contribution in [0.5, 0.6) is 5.75 Å². The monoisotopic (exact) mass is 381 g/mol. The minimum absolute atomic E-state index is 0.429. The molecular formula is C24H19N3O2. The van der Waals surface area contributed by atoms with Crippen LogP contribution in [0.2, 0.25) is 0 Å². The zero-order chi connectivity index (χ0) is 19.9. The Kier molecular flexibility index (Phi) is 5.54. The van der Waals surface area contributed by atoms with Gasteiger partial charge >= 0.3 is 0 Å². The van der Waals surface area contributed by atoms with Gasteiger partial charge < -0.3 is 14.6 Å². The van der Waals surface area contributed by atoms with Gasteiger partial charge in [0.25, 0.3) is 0 Å². The van der Waals surface area contributed by atoms with Crippen LogP contribution in [0.3, 0.4) is 0 Å². The van der Waals surface area contributed by atoms with Crippen LogP contribution < -0.4 is 10.1 Å². The normalized spacial score (nSPS) is 10.1. The van der Waals surface area contributed by atoms with Crippen molar-refractivity contribution in [3.05, 3.63) is 95.9 Å². The molecule has 5 nitrogen and oxygen atoms in total. The Morgan fingerprint density at radius 3 is 2.45 bits per heavy atom. The largest absolute Gasteiger partial charge is 0.497 e. The fraction of sp³-hybridized carbons (Fsp3) is 0.0833. The van der Waals surface area contributed by atoms with Gasteiger partial charge in [-0.1, -0.05) is 41.3 Å². The quantitative estimate of drug-likeness (QED) is 0.505. The van der Waals surface area contributed by atoms with Crippen LogP contribution in [0.1, 0.15) is 17.0 Å². The van der Waals surface area contributed by atoms with Crippen molar-refractivity contribution >= 4 is 5.69 Å². The molecule has 0 atom stereocenters. The maximum atomic E-state index is 5.35. The molecule has 0 amide bonds. The zero-order valence-electron chi connectivity index (χ0n) is 15.9. The molecule has 0 unspecified atom stereocenters. The first kappa shape index (κ1) is 18.3. The first-order valence-electron chi connectivity index (χ1n) is 9.18. The second-order valence-corrected chi connectivity index (χ2v) is 6.29. The van der Waals surface area contributed by atoms with Gasteiger partial charge in [-0.2, -0.15) is 4.98 Å². The number of aromatic nitrogens is 2. The summed E-state index contributed by atoms with van der Waals surface area (Å²) in [6.07, 6.45) is 0. The van der Waals surface area contributed by atoms with Crippen LogP contribution in [0.25, 0.3) is 11.4 Å². The third-order valence-electron chi connectivity index (χ3n) is 4.25. The lowest BCUT2D eigenvalue weighted by atomic mass is 10.1. The molecule has 0 spiro atoms. The highest BCUT2D eigenvalue weighted by Gasteiger charge is 2.08. The molecule has 4 aromatic rings. The van der Waals surface area contributed by atoms with Crippen molar-refractivity contribution in [2.45, 2.75) is 6.54 Å². The van der Waals surface area contributed by atoms with Crippen molar-refractivity contribution in [2.75, 3.05) is 12.4 Å². The molecule has 0 saturated heterocycles. The van der Waals surface area contributed by atoms with Crippen LogP contribution in [0, 0.1) is 11.8 Å². The molecule has 4 rings (SSSR count). The average molecular weight is 381 g/mol. The number of nitrogens with zero attached hydrogens (tertiary/aromatic N) is 2. The Hall–Kier alpha value is -4.04. The van der Waals surface area contributed by atoms with Crippen molar-refractivity contribution in [1.29, 1.82) is 0 Å². The minimum Gasteiger partial charge on any atom is -0.497 e. The topological polar surface area (TPSA) is 60.2 Å². The summed E-state index contributed by atoms with van der Waals surface area (Å²) in [7, 11) is 1.63. The van der Waals surface area contributed by atoms with Crippen LogP contribution >= 0.6 is 0 Å². The van der Waals surface area contributed by atoms with E-state index in [0.29, 0.717) is 18.3 Å². The maximum Gasteiger partial charge on any atom is 0.246 e. The zero-order valence-corrected chi connectivity index (χ0v) is 15.9. The number of anilines is 1. The first-order valence-corrected chi connectivity index (χ1v) is 9.18. The number of hydrogen-bond donors (Lipinski definition) is 1. The van der Waals surface area contributed by atoms with E-state index >= 15 is 0 Å². The van der Waals surface area contributed by atoms with Crippen LogP contribution in [0.4, 0.5) is 5.69 Å². The van der Waals surface area contributed by atoms with Crippen molar-refractivity contribution in [3.63, 3.8) is 0 Å². The highest BCUT2D eigenvalue weighted by atomic mass is 16.5. The van der Waals surface area contributed by atoms with Gasteiger partial charge in [-0.25, -0.2) is 0 Å². The number of ether oxygens (including phenoxy) is 1. The molecule has 0 saturated carbocycles. The summed E-state index contributed by atoms with van der Waals surface area (Å²) in [5.74, 6) is 8.19. The van der Waals surface area contributed by atoms with E-state index in [1.54, 1.807) is 7.11 Å². The number of benzene rings is 3. The lowest BCUT2D eigenvalue weighted by Gasteiger charge is -2.03. The van der Waals surface area contributed by atoms with Crippen molar-refractivity contribution < 1.29 is 9.26 Å². The summed E-state index contributed by atoms with van der Waals surface area (Å²) in [5, 5.41) is 7.34. The van der Waals surface area contributed by atoms with E-state index in [-0.39, 0.29) is 0 Å². The molecule has 5 heteroatoms. The fourth-order valence-corrected chi connectivity index (χ4v) is 2.73. The SMILES string of the molecule is COc1ccc(-c2noc(CNc3cccc(C#Cc4ccccc4)c3)n2)cc1. The summed E-state index contributed by atoms with van der Waals surface area (Å²) in [4.78, 5) is 4.44. The summed E-state index contributed by atoms with van der Waals surface area (Å²) in [5.41, 5.74) is 3.74. The number of methoxy groups -OCH3 is 1. The highest BCUT2D eigenvalue weighted by molar-refractivity contribution is 5.56. The lowest BCUT2D eigenvalue weighted by Crippen LogP contribution is -1.99. The Morgan fingerprint density at radius 2 is 1.66 bits per heavy atom. The van der Waals surface area contributed by atoms with E-state index in [1.165, 1.54) is 0 Å². The maximum absolute atomic E-state index is 5.35. The molecule has 0 aliphatic rings. The van der Waals surface area contributed by atoms with Crippen LogP contribution in [0.15, 0.2) is 83.4 Å². The van der Waals surface area contributed by atoms with E-state index in [1.807, 2.05) is 78.9 Å². The number of hydrogen-bond acceptors (Lipinski definition) is 5. The average Bonchev–Trinajstić information content (AvgIpc) is 3.26. The number of nitrogens with one attached hydrogen (secondary N) is 1. The number of rotatable bonds is 5. The molecule has 3 aromatic carbocycles. The van der Waals surface area contributed by atoms with Gasteiger partial charge in [0.05, 0.1) is 13.7 Å². The molecule has 0 radical (unpaired) electrons. The second-order valence-electron chi connectivity index (χ2n) is 6.29. The minimum atomic E-state index is 0.429. The standard InChI is InChI=1S/C24H19N3O2/c1-28-22-14-12-20(13-15-22)24-26-23(29-27-24)17-25-21-9-5-8-19(16-21)11-10-18-6-3-2-4-7-18/h2-9,12-16,25H,17H2,1H3. The molecule has 1 aromatic heterocycles. The molecule has 0 aliphatic heterocycles. The lowest BCUT2D eigenvalue weighted by molar-refractivity contribution is 0.384. The van der Waals surface area contributed by atoms with Crippen molar-refractivity contribution in [2.24, 2.45) is 0 Å². The molecule has 1 N–H and O–H groups in total. The third-order valence-corrected chi connectivity index (χ3v) is 4.25. The van der Waals surface area contributed by atoms with E-state index < -0.39 is 0 Å². The van der Waals surface area contributed by atoms with E-state index in [9.17, 15) is 0 Å². The van der Waals surface area contributed by atoms with Crippen LogP contribution in [-0.2, 0) is 6.54 Å². The van der Waals surface area contributed by atoms with Gasteiger partial charge in [-0.15, -0.1) is 0 Å².